The summed E-state index contributed by atoms with van der Waals surface area (Å²) >= 11 is 0. The Morgan fingerprint density at radius 3 is 2.48 bits per heavy atom. The molecule has 4 rings (SSSR count). The summed E-state index contributed by atoms with van der Waals surface area (Å²) in [6.07, 6.45) is -0.972. The number of ether oxygens (including phenoxy) is 2. The Kier molecular flexibility index (Phi) is 6.06. The van der Waals surface area contributed by atoms with Gasteiger partial charge < -0.3 is 19.1 Å². The first-order valence-electron chi connectivity index (χ1n) is 10.6. The average Bonchev–Trinajstić information content (AvgIpc) is 3.14. The van der Waals surface area contributed by atoms with E-state index in [9.17, 15) is 14.7 Å². The zero-order valence-electron chi connectivity index (χ0n) is 18.9. The number of aromatic amines is 1. The van der Waals surface area contributed by atoms with Crippen LogP contribution in [0.4, 0.5) is 0 Å². The summed E-state index contributed by atoms with van der Waals surface area (Å²) < 4.78 is 14.6. The van der Waals surface area contributed by atoms with Gasteiger partial charge in [0.05, 0.1) is 19.8 Å². The second-order valence-electron chi connectivity index (χ2n) is 7.92. The fraction of sp³-hybridized carbons (Fsp3) is 0.292. The minimum Gasteiger partial charge on any atom is -0.493 e. The summed E-state index contributed by atoms with van der Waals surface area (Å²) in [4.78, 5) is 31.7. The summed E-state index contributed by atoms with van der Waals surface area (Å²) in [5, 5.41) is 9.79. The first kappa shape index (κ1) is 22.3. The molecule has 2 aromatic carbocycles. The van der Waals surface area contributed by atoms with E-state index in [2.05, 4.69) is 9.97 Å². The lowest BCUT2D eigenvalue weighted by Gasteiger charge is -2.18. The van der Waals surface area contributed by atoms with Crippen molar-refractivity contribution in [3.63, 3.8) is 0 Å². The van der Waals surface area contributed by atoms with Crippen molar-refractivity contribution in [2.75, 3.05) is 7.11 Å². The zero-order chi connectivity index (χ0) is 23.7. The number of nitrogens with one attached hydrogen (secondary N) is 1. The van der Waals surface area contributed by atoms with Crippen molar-refractivity contribution in [2.45, 2.75) is 32.6 Å². The van der Waals surface area contributed by atoms with Crippen LogP contribution in [0.2, 0.25) is 0 Å². The maximum atomic E-state index is 12.5. The average molecular weight is 450 g/mol. The molecule has 0 radical (unpaired) electrons. The fourth-order valence-electron chi connectivity index (χ4n) is 3.82. The van der Waals surface area contributed by atoms with E-state index in [0.29, 0.717) is 22.9 Å². The molecule has 172 valence electrons. The molecule has 0 amide bonds. The van der Waals surface area contributed by atoms with Crippen LogP contribution in [0.5, 0.6) is 11.5 Å². The molecule has 2 atom stereocenters. The Morgan fingerprint density at radius 2 is 1.82 bits per heavy atom. The van der Waals surface area contributed by atoms with Crippen LogP contribution in [0.1, 0.15) is 25.5 Å². The Morgan fingerprint density at radius 1 is 1.09 bits per heavy atom. The predicted octanol–water partition coefficient (Wildman–Crippen LogP) is 2.62. The number of hydrogen-bond acceptors (Lipinski definition) is 6. The predicted molar refractivity (Wildman–Crippen MR) is 125 cm³/mol. The summed E-state index contributed by atoms with van der Waals surface area (Å²) in [6, 6.07) is 15.3. The van der Waals surface area contributed by atoms with Gasteiger partial charge in [0, 0.05) is 12.6 Å². The number of fused-ring (bicyclic) bond motifs is 1. The highest BCUT2D eigenvalue weighted by Gasteiger charge is 2.20. The molecule has 0 saturated heterocycles. The lowest BCUT2D eigenvalue weighted by atomic mass is 10.1. The minimum atomic E-state index is -0.787. The first-order valence-corrected chi connectivity index (χ1v) is 10.6. The molecule has 4 aromatic rings. The molecule has 2 N–H and O–H groups in total. The second kappa shape index (κ2) is 8.95. The van der Waals surface area contributed by atoms with Crippen molar-refractivity contribution in [1.29, 1.82) is 0 Å². The monoisotopic (exact) mass is 450 g/mol. The van der Waals surface area contributed by atoms with E-state index < -0.39 is 17.4 Å². The van der Waals surface area contributed by atoms with E-state index in [1.54, 1.807) is 37.8 Å². The summed E-state index contributed by atoms with van der Waals surface area (Å²) in [7, 11) is 3.25. The molecular weight excluding hydrogens is 424 g/mol. The lowest BCUT2D eigenvalue weighted by Crippen LogP contribution is -2.33. The van der Waals surface area contributed by atoms with Crippen molar-refractivity contribution in [3.8, 4) is 22.9 Å². The van der Waals surface area contributed by atoms with E-state index >= 15 is 0 Å². The third-order valence-electron chi connectivity index (χ3n) is 5.45. The standard InChI is InChI=1S/C24H26N4O5/c1-14(29)13-28-22-20(23(30)26-24(28)31)27(3)21(25-22)17-10-11-18(19(12-17)32-4)33-15(2)16-8-6-5-7-9-16/h5-12,14-15,29H,13H2,1-4H3,(H,26,30,31)/t14?,15-/m0/s1. The number of imidazole rings is 1. The third-order valence-corrected chi connectivity index (χ3v) is 5.45. The number of aliphatic hydroxyl groups excluding tert-OH is 1. The number of methoxy groups -OCH3 is 1. The molecule has 2 heterocycles. The third kappa shape index (κ3) is 4.27. The van der Waals surface area contributed by atoms with Gasteiger partial charge in [-0.15, -0.1) is 0 Å². The van der Waals surface area contributed by atoms with Gasteiger partial charge in [0.1, 0.15) is 11.9 Å². The van der Waals surface area contributed by atoms with E-state index in [4.69, 9.17) is 9.47 Å². The maximum Gasteiger partial charge on any atom is 0.330 e. The van der Waals surface area contributed by atoms with Gasteiger partial charge >= 0.3 is 5.69 Å². The molecule has 0 fully saturated rings. The van der Waals surface area contributed by atoms with Crippen molar-refractivity contribution < 1.29 is 14.6 Å². The van der Waals surface area contributed by atoms with Gasteiger partial charge in [-0.05, 0) is 37.6 Å². The van der Waals surface area contributed by atoms with Crippen LogP contribution in [-0.2, 0) is 13.6 Å². The molecule has 0 aliphatic heterocycles. The van der Waals surface area contributed by atoms with Crippen molar-refractivity contribution >= 4 is 11.2 Å². The number of hydrogen-bond donors (Lipinski definition) is 2. The number of aliphatic hydroxyl groups is 1. The van der Waals surface area contributed by atoms with Crippen LogP contribution in [0.15, 0.2) is 58.1 Å². The highest BCUT2D eigenvalue weighted by molar-refractivity contribution is 5.77. The maximum absolute atomic E-state index is 12.5. The van der Waals surface area contributed by atoms with Gasteiger partial charge in [-0.3, -0.25) is 14.3 Å². The van der Waals surface area contributed by atoms with E-state index in [1.807, 2.05) is 43.3 Å². The second-order valence-corrected chi connectivity index (χ2v) is 7.92. The minimum absolute atomic E-state index is 0.00996. The van der Waals surface area contributed by atoms with Crippen molar-refractivity contribution in [3.05, 3.63) is 74.9 Å². The topological polar surface area (TPSA) is 111 Å². The Labute approximate surface area is 189 Å². The molecule has 0 aliphatic rings. The number of aromatic nitrogens is 4. The van der Waals surface area contributed by atoms with Gasteiger partial charge in [0.2, 0.25) is 0 Å². The molecule has 2 aromatic heterocycles. The summed E-state index contributed by atoms with van der Waals surface area (Å²) in [6.45, 7) is 3.53. The zero-order valence-corrected chi connectivity index (χ0v) is 18.9. The number of rotatable bonds is 7. The van der Waals surface area contributed by atoms with E-state index in [0.717, 1.165) is 5.56 Å². The molecule has 9 nitrogen and oxygen atoms in total. The molecule has 1 unspecified atom stereocenters. The SMILES string of the molecule is COc1cc(-c2nc3c(c(=O)[nH]c(=O)n3CC(C)O)n2C)ccc1O[C@@H](C)c1ccccc1. The Balaban J connectivity index is 1.77. The number of H-pyrrole nitrogens is 1. The molecule has 0 saturated carbocycles. The van der Waals surface area contributed by atoms with Crippen LogP contribution < -0.4 is 20.7 Å². The Bertz CT molecular complexity index is 1400. The Hall–Kier alpha value is -3.85. The van der Waals surface area contributed by atoms with Crippen LogP contribution >= 0.6 is 0 Å². The van der Waals surface area contributed by atoms with Crippen LogP contribution in [0.25, 0.3) is 22.6 Å². The van der Waals surface area contributed by atoms with Crippen LogP contribution in [0.3, 0.4) is 0 Å². The van der Waals surface area contributed by atoms with E-state index in [1.165, 1.54) is 4.57 Å². The quantitative estimate of drug-likeness (QED) is 0.448. The molecule has 9 heteroatoms. The summed E-state index contributed by atoms with van der Waals surface area (Å²) in [5.74, 6) is 1.55. The van der Waals surface area contributed by atoms with Crippen LogP contribution in [-0.4, -0.2) is 37.4 Å². The van der Waals surface area contributed by atoms with Gasteiger partial charge in [-0.25, -0.2) is 9.78 Å². The smallest absolute Gasteiger partial charge is 0.330 e. The van der Waals surface area contributed by atoms with Crippen LogP contribution in [0, 0.1) is 0 Å². The molecule has 0 spiro atoms. The molecule has 0 aliphatic carbocycles. The number of nitrogens with zero attached hydrogens (tertiary/aromatic N) is 3. The molecular formula is C24H26N4O5. The lowest BCUT2D eigenvalue weighted by molar-refractivity contribution is 0.173. The fourth-order valence-corrected chi connectivity index (χ4v) is 3.82. The van der Waals surface area contributed by atoms with Crippen molar-refractivity contribution in [2.24, 2.45) is 7.05 Å². The van der Waals surface area contributed by atoms with Gasteiger partial charge in [-0.2, -0.15) is 0 Å². The van der Waals surface area contributed by atoms with Gasteiger partial charge in [-0.1, -0.05) is 30.3 Å². The highest BCUT2D eigenvalue weighted by Crippen LogP contribution is 2.35. The molecule has 0 bridgehead atoms. The number of benzene rings is 2. The van der Waals surface area contributed by atoms with Crippen molar-refractivity contribution in [1.82, 2.24) is 19.1 Å². The highest BCUT2D eigenvalue weighted by atomic mass is 16.5. The normalized spacial score (nSPS) is 13.1. The van der Waals surface area contributed by atoms with E-state index in [-0.39, 0.29) is 23.8 Å². The van der Waals surface area contributed by atoms with Gasteiger partial charge in [0.15, 0.2) is 22.7 Å². The number of aryl methyl sites for hydroxylation is 1. The van der Waals surface area contributed by atoms with Gasteiger partial charge in [0.25, 0.3) is 5.56 Å². The first-order chi connectivity index (χ1) is 15.8. The molecule has 33 heavy (non-hydrogen) atoms. The largest absolute Gasteiger partial charge is 0.493 e. The summed E-state index contributed by atoms with van der Waals surface area (Å²) in [5.41, 5.74) is 1.01.